The molecule has 27 heavy (non-hydrogen) atoms. The molecule has 1 heterocycles. The van der Waals surface area contributed by atoms with Gasteiger partial charge >= 0.3 is 5.97 Å². The van der Waals surface area contributed by atoms with Gasteiger partial charge in [-0.3, -0.25) is 9.59 Å². The monoisotopic (exact) mass is 366 g/mol. The van der Waals surface area contributed by atoms with Crippen LogP contribution in [-0.4, -0.2) is 42.4 Å². The summed E-state index contributed by atoms with van der Waals surface area (Å²) in [6.07, 6.45) is -0.603. The van der Waals surface area contributed by atoms with Gasteiger partial charge in [-0.25, -0.2) is 4.79 Å². The second-order valence-electron chi connectivity index (χ2n) is 6.76. The van der Waals surface area contributed by atoms with E-state index in [1.165, 1.54) is 11.9 Å². The summed E-state index contributed by atoms with van der Waals surface area (Å²) in [6.45, 7) is 3.70. The average molecular weight is 366 g/mol. The van der Waals surface area contributed by atoms with E-state index < -0.39 is 18.0 Å². The number of nitrogens with zero attached hydrogens (tertiary/aromatic N) is 1. The lowest BCUT2D eigenvalue weighted by Crippen LogP contribution is -2.45. The van der Waals surface area contributed by atoms with Gasteiger partial charge in [-0.05, 0) is 36.6 Å². The molecule has 0 spiro atoms. The van der Waals surface area contributed by atoms with Gasteiger partial charge in [0.1, 0.15) is 0 Å². The van der Waals surface area contributed by atoms with Crippen molar-refractivity contribution in [3.63, 3.8) is 0 Å². The third-order valence-corrected chi connectivity index (χ3v) is 4.67. The maximum absolute atomic E-state index is 12.6. The Labute approximate surface area is 158 Å². The van der Waals surface area contributed by atoms with Gasteiger partial charge in [0.15, 0.2) is 6.10 Å². The first kappa shape index (κ1) is 18.6. The number of fused-ring (bicyclic) bond motifs is 1. The molecule has 2 aromatic carbocycles. The molecular weight excluding hydrogens is 344 g/mol. The smallest absolute Gasteiger partial charge is 0.339 e. The van der Waals surface area contributed by atoms with Crippen LogP contribution in [0.3, 0.4) is 0 Å². The summed E-state index contributed by atoms with van der Waals surface area (Å²) in [5.41, 5.74) is 3.92. The second-order valence-corrected chi connectivity index (χ2v) is 6.76. The molecule has 0 saturated carbocycles. The van der Waals surface area contributed by atoms with Crippen LogP contribution >= 0.6 is 0 Å². The van der Waals surface area contributed by atoms with Crippen molar-refractivity contribution in [1.29, 1.82) is 0 Å². The first-order chi connectivity index (χ1) is 12.9. The maximum Gasteiger partial charge on any atom is 0.339 e. The van der Waals surface area contributed by atoms with Gasteiger partial charge in [0, 0.05) is 19.2 Å². The van der Waals surface area contributed by atoms with Crippen LogP contribution in [0.15, 0.2) is 42.5 Å². The summed E-state index contributed by atoms with van der Waals surface area (Å²) in [7, 11) is 1.53. The standard InChI is InChI=1S/C21H22N2O4/c1-13-7-6-8-14(2)19(13)22-18(24)12-23(3)20(25)17-11-15-9-4-5-10-16(15)21(26)27-17/h4-10,17H,11-12H2,1-3H3,(H,22,24)/t17-/m1/s1. The highest BCUT2D eigenvalue weighted by Crippen LogP contribution is 2.22. The Morgan fingerprint density at radius 3 is 2.48 bits per heavy atom. The summed E-state index contributed by atoms with van der Waals surface area (Å²) >= 11 is 0. The van der Waals surface area contributed by atoms with Crippen LogP contribution in [0, 0.1) is 13.8 Å². The fourth-order valence-electron chi connectivity index (χ4n) is 3.20. The molecule has 2 amide bonds. The summed E-state index contributed by atoms with van der Waals surface area (Å²) in [5.74, 6) is -1.20. The molecule has 0 aliphatic carbocycles. The lowest BCUT2D eigenvalue weighted by Gasteiger charge is -2.27. The quantitative estimate of drug-likeness (QED) is 0.844. The zero-order valence-corrected chi connectivity index (χ0v) is 15.6. The molecular formula is C21H22N2O4. The van der Waals surface area contributed by atoms with Gasteiger partial charge in [-0.15, -0.1) is 0 Å². The highest BCUT2D eigenvalue weighted by atomic mass is 16.5. The number of hydrogen-bond acceptors (Lipinski definition) is 4. The number of carbonyl (C=O) groups is 3. The van der Waals surface area contributed by atoms with Gasteiger partial charge in [0.25, 0.3) is 5.91 Å². The van der Waals surface area contributed by atoms with Crippen molar-refractivity contribution in [3.05, 3.63) is 64.7 Å². The Balaban J connectivity index is 1.64. The lowest BCUT2D eigenvalue weighted by atomic mass is 9.98. The predicted octanol–water partition coefficient (Wildman–Crippen LogP) is 2.48. The number of benzene rings is 2. The molecule has 1 atom stereocenters. The molecule has 140 valence electrons. The van der Waals surface area contributed by atoms with Crippen molar-refractivity contribution in [3.8, 4) is 0 Å². The van der Waals surface area contributed by atoms with Crippen molar-refractivity contribution >= 4 is 23.5 Å². The molecule has 0 aromatic heterocycles. The molecule has 1 aliphatic heterocycles. The van der Waals surface area contributed by atoms with E-state index in [1.54, 1.807) is 12.1 Å². The number of nitrogens with one attached hydrogen (secondary N) is 1. The molecule has 0 unspecified atom stereocenters. The fourth-order valence-corrected chi connectivity index (χ4v) is 3.20. The minimum atomic E-state index is -0.912. The second kappa shape index (κ2) is 7.61. The van der Waals surface area contributed by atoms with Crippen LogP contribution in [0.4, 0.5) is 5.69 Å². The number of ether oxygens (including phenoxy) is 1. The molecule has 1 N–H and O–H groups in total. The zero-order chi connectivity index (χ0) is 19.6. The zero-order valence-electron chi connectivity index (χ0n) is 15.6. The van der Waals surface area contributed by atoms with Gasteiger partial charge in [0.05, 0.1) is 12.1 Å². The van der Waals surface area contributed by atoms with Crippen LogP contribution in [-0.2, 0) is 20.7 Å². The molecule has 0 saturated heterocycles. The minimum absolute atomic E-state index is 0.123. The number of carbonyl (C=O) groups excluding carboxylic acids is 3. The van der Waals surface area contributed by atoms with E-state index in [-0.39, 0.29) is 12.5 Å². The van der Waals surface area contributed by atoms with Crippen LogP contribution in [0.5, 0.6) is 0 Å². The van der Waals surface area contributed by atoms with E-state index in [4.69, 9.17) is 4.74 Å². The van der Waals surface area contributed by atoms with E-state index >= 15 is 0 Å². The Bertz CT molecular complexity index is 887. The van der Waals surface area contributed by atoms with Crippen molar-refractivity contribution in [1.82, 2.24) is 4.90 Å². The van der Waals surface area contributed by atoms with Crippen LogP contribution in [0.2, 0.25) is 0 Å². The number of para-hydroxylation sites is 1. The van der Waals surface area contributed by atoms with Crippen molar-refractivity contribution < 1.29 is 19.1 Å². The molecule has 0 bridgehead atoms. The largest absolute Gasteiger partial charge is 0.448 e. The topological polar surface area (TPSA) is 75.7 Å². The Morgan fingerprint density at radius 2 is 1.78 bits per heavy atom. The first-order valence-corrected chi connectivity index (χ1v) is 8.76. The van der Waals surface area contributed by atoms with Crippen molar-refractivity contribution in [2.45, 2.75) is 26.4 Å². The molecule has 6 nitrogen and oxygen atoms in total. The van der Waals surface area contributed by atoms with Crippen LogP contribution in [0.25, 0.3) is 0 Å². The molecule has 3 rings (SSSR count). The fraction of sp³-hybridized carbons (Fsp3) is 0.286. The van der Waals surface area contributed by atoms with Crippen LogP contribution in [0.1, 0.15) is 27.0 Å². The van der Waals surface area contributed by atoms with Gasteiger partial charge in [0.2, 0.25) is 5.91 Å². The summed E-state index contributed by atoms with van der Waals surface area (Å²) in [5, 5.41) is 2.85. The van der Waals surface area contributed by atoms with Gasteiger partial charge < -0.3 is 15.0 Å². The highest BCUT2D eigenvalue weighted by Gasteiger charge is 2.33. The molecule has 1 aliphatic rings. The summed E-state index contributed by atoms with van der Waals surface area (Å²) in [6, 6.07) is 12.8. The number of esters is 1. The Hall–Kier alpha value is -3.15. The molecule has 0 fully saturated rings. The molecule has 2 aromatic rings. The van der Waals surface area contributed by atoms with E-state index in [1.807, 2.05) is 44.2 Å². The van der Waals surface area contributed by atoms with Crippen LogP contribution < -0.4 is 5.32 Å². The minimum Gasteiger partial charge on any atom is -0.448 e. The Kier molecular flexibility index (Phi) is 5.26. The molecule has 6 heteroatoms. The van der Waals surface area contributed by atoms with E-state index in [0.717, 1.165) is 22.4 Å². The lowest BCUT2D eigenvalue weighted by molar-refractivity contribution is -0.141. The van der Waals surface area contributed by atoms with E-state index in [9.17, 15) is 14.4 Å². The number of rotatable bonds is 4. The first-order valence-electron chi connectivity index (χ1n) is 8.76. The third kappa shape index (κ3) is 4.00. The van der Waals surface area contributed by atoms with Crippen molar-refractivity contribution in [2.75, 3.05) is 18.9 Å². The SMILES string of the molecule is Cc1cccc(C)c1NC(=O)CN(C)C(=O)[C@H]1Cc2ccccc2C(=O)O1. The molecule has 0 radical (unpaired) electrons. The number of aryl methyl sites for hydroxylation is 2. The number of amides is 2. The maximum atomic E-state index is 12.6. The van der Waals surface area contributed by atoms with Crippen molar-refractivity contribution in [2.24, 2.45) is 0 Å². The number of hydrogen-bond donors (Lipinski definition) is 1. The van der Waals surface area contributed by atoms with Gasteiger partial charge in [-0.1, -0.05) is 36.4 Å². The predicted molar refractivity (Wildman–Crippen MR) is 102 cm³/mol. The number of cyclic esters (lactones) is 1. The number of anilines is 1. The Morgan fingerprint density at radius 1 is 1.11 bits per heavy atom. The number of likely N-dealkylation sites (N-methyl/N-ethyl adjacent to an activating group) is 1. The highest BCUT2D eigenvalue weighted by molar-refractivity contribution is 5.98. The summed E-state index contributed by atoms with van der Waals surface area (Å²) < 4.78 is 5.27. The summed E-state index contributed by atoms with van der Waals surface area (Å²) in [4.78, 5) is 38.4. The van der Waals surface area contributed by atoms with E-state index in [0.29, 0.717) is 12.0 Å². The third-order valence-electron chi connectivity index (χ3n) is 4.67. The average Bonchev–Trinajstić information content (AvgIpc) is 2.64. The normalized spacial score (nSPS) is 15.5. The van der Waals surface area contributed by atoms with E-state index in [2.05, 4.69) is 5.32 Å². The van der Waals surface area contributed by atoms with Gasteiger partial charge in [-0.2, -0.15) is 0 Å².